The van der Waals surface area contributed by atoms with E-state index in [4.69, 9.17) is 48.7 Å². The molecule has 2 aromatic heterocycles. The van der Waals surface area contributed by atoms with Crippen molar-refractivity contribution in [3.05, 3.63) is 87.2 Å². The van der Waals surface area contributed by atoms with Gasteiger partial charge in [0.1, 0.15) is 41.6 Å². The van der Waals surface area contributed by atoms with E-state index in [2.05, 4.69) is 25.9 Å². The van der Waals surface area contributed by atoms with Gasteiger partial charge in [-0.25, -0.2) is 13.9 Å². The first kappa shape index (κ1) is 69.2. The van der Waals surface area contributed by atoms with Crippen molar-refractivity contribution >= 4 is 63.9 Å². The Morgan fingerprint density at radius 1 is 0.978 bits per heavy atom. The lowest BCUT2D eigenvalue weighted by Gasteiger charge is -2.38. The number of aromatic nitrogens is 5. The SMILES string of the molecule is CO[C@H]1/C=C/O[C@@]2(C)Oc3c(C)c(O)c4c(O)c(c(/C=N/N5CCC(CNCOCCOCCn6cc(CC(=O)OCC7OC(n8cc(F)c(N)nc8=O)CS7)nn6)CC5)c(O)c4c3C2=O)NC(=O)/C(C)=C\C=C\[C@H](C)[C@H](C)[C@@H](C)[C@@H](O)[C@@H](C)[C@H](OC(C)=O)[C@@H]1C. The number of aliphatic hydroxyl groups excluding tert-OH is 1. The molecule has 2 fully saturated rings. The maximum absolute atomic E-state index is 14.7. The summed E-state index contributed by atoms with van der Waals surface area (Å²) in [6.45, 7) is 18.4. The maximum Gasteiger partial charge on any atom is 0.351 e. The number of carbonyl (C=O) groups is 4. The molecule has 0 saturated carbocycles. The van der Waals surface area contributed by atoms with E-state index < -0.39 is 106 Å². The van der Waals surface area contributed by atoms with Crippen LogP contribution in [0.4, 0.5) is 15.9 Å². The number of methoxy groups -OCH3 is 1. The molecule has 7 heterocycles. The number of phenolic OH excluding ortho intramolecular Hbond substituents is 3. The molecule has 5 aliphatic rings. The molecule has 0 radical (unpaired) electrons. The highest BCUT2D eigenvalue weighted by Gasteiger charge is 2.50. The number of hydrazone groups is 1. The molecule has 5 bridgehead atoms. The summed E-state index contributed by atoms with van der Waals surface area (Å²) >= 11 is 1.30. The number of carbonyl (C=O) groups excluding carboxylic acids is 4. The molecule has 8 N–H and O–H groups in total. The molecule has 0 aliphatic carbocycles. The standard InChI is InChI=1S/C62H83FN10O17S/c1-32-12-11-13-33(2)60(81)67-51-42(54(78)48-49(55(51)79)53(77)38(7)57-50(48)58(80)62(9,90-57)87-20-16-44(83-10)36(5)56(88-39(8)74)37(6)52(76)35(4)34(32)3)26-66-71-17-14-40(15-18-71)25-65-31-85-23-22-84-21-19-72-27-41(69-70-72)24-46(75)86-29-47-89-45(30-91-47)73-28-43(63)59(64)68-61(73)82/h11-13,16,20,26-28,32,34-37,40,44-45,47,52,56,65,76-79H,14-15,17-19,21-25,29-31H2,1-10H3,(H,67,81)(H2,64,68,82)/b12-11+,20-16+,33-13-,66-26+/t32-,34-,35+,36+,37+,44-,45?,47?,52+,56+,62-/m0/s1. The van der Waals surface area contributed by atoms with Crippen LogP contribution in [0, 0.1) is 48.2 Å². The number of Topliss-reactive ketones (excluding diaryl/α,β-unsaturated/α-hetero) is 1. The minimum Gasteiger partial charge on any atom is -0.507 e. The molecule has 9 rings (SSSR count). The van der Waals surface area contributed by atoms with Gasteiger partial charge in [-0.2, -0.15) is 10.1 Å². The second-order valence-corrected chi connectivity index (χ2v) is 24.8. The fourth-order valence-electron chi connectivity index (χ4n) is 11.4. The van der Waals surface area contributed by atoms with Gasteiger partial charge in [-0.3, -0.25) is 34.1 Å². The number of rotatable bonds is 19. The van der Waals surface area contributed by atoms with Gasteiger partial charge in [0, 0.05) is 80.9 Å². The summed E-state index contributed by atoms with van der Waals surface area (Å²) in [5, 5.41) is 68.3. The van der Waals surface area contributed by atoms with E-state index >= 15 is 0 Å². The fraction of sp³-hybridized carbons (Fsp3) is 0.565. The third-order valence-corrected chi connectivity index (χ3v) is 18.4. The van der Waals surface area contributed by atoms with Crippen LogP contribution in [0.15, 0.2) is 58.4 Å². The quantitative estimate of drug-likeness (QED) is 0.0150. The van der Waals surface area contributed by atoms with Crippen molar-refractivity contribution in [3.63, 3.8) is 0 Å². The van der Waals surface area contributed by atoms with E-state index in [1.54, 1.807) is 35.0 Å². The molecule has 2 unspecified atom stereocenters. The van der Waals surface area contributed by atoms with Crippen molar-refractivity contribution in [2.75, 3.05) is 76.7 Å². The van der Waals surface area contributed by atoms with Crippen molar-refractivity contribution in [1.82, 2.24) is 34.9 Å². The first-order valence-electron chi connectivity index (χ1n) is 30.2. The molecule has 29 heteroatoms. The second kappa shape index (κ2) is 30.6. The molecule has 0 spiro atoms. The minimum atomic E-state index is -2.08. The number of halogens is 1. The predicted molar refractivity (Wildman–Crippen MR) is 332 cm³/mol. The van der Waals surface area contributed by atoms with E-state index in [0.29, 0.717) is 57.4 Å². The van der Waals surface area contributed by atoms with Crippen molar-refractivity contribution in [3.8, 4) is 23.0 Å². The zero-order valence-corrected chi connectivity index (χ0v) is 53.6. The zero-order chi connectivity index (χ0) is 66.0. The third-order valence-electron chi connectivity index (χ3n) is 17.3. The van der Waals surface area contributed by atoms with E-state index in [1.165, 1.54) is 58.2 Å². The van der Waals surface area contributed by atoms with E-state index in [-0.39, 0.29) is 87.9 Å². The first-order valence-corrected chi connectivity index (χ1v) is 31.3. The number of fused-ring (bicyclic) bond motifs is 14. The lowest BCUT2D eigenvalue weighted by molar-refractivity contribution is -0.160. The van der Waals surface area contributed by atoms with Gasteiger partial charge in [0.25, 0.3) is 11.7 Å². The van der Waals surface area contributed by atoms with Crippen LogP contribution in [0.5, 0.6) is 23.0 Å². The number of hydrogen-bond acceptors (Lipinski definition) is 25. The number of ketones is 1. The molecule has 2 aromatic carbocycles. The first-order chi connectivity index (χ1) is 43.3. The Labute approximate surface area is 530 Å². The summed E-state index contributed by atoms with van der Waals surface area (Å²) in [5.41, 5.74) is 4.06. The summed E-state index contributed by atoms with van der Waals surface area (Å²) < 4.78 is 63.0. The summed E-state index contributed by atoms with van der Waals surface area (Å²) in [6.07, 6.45) is 9.85. The number of phenols is 3. The average Bonchev–Trinajstić information content (AvgIpc) is 1.64. The number of allylic oxidation sites excluding steroid dienone is 3. The molecule has 27 nitrogen and oxygen atoms in total. The molecule has 11 atom stereocenters. The van der Waals surface area contributed by atoms with Crippen LogP contribution in [0.2, 0.25) is 0 Å². The molecular formula is C62H83FN10O17S. The van der Waals surface area contributed by atoms with Gasteiger partial charge in [0.05, 0.1) is 98.3 Å². The fourth-order valence-corrected chi connectivity index (χ4v) is 12.4. The number of nitrogens with two attached hydrogens (primary N) is 1. The van der Waals surface area contributed by atoms with Crippen LogP contribution in [0.1, 0.15) is 102 Å². The average molecular weight is 1290 g/mol. The largest absolute Gasteiger partial charge is 0.507 e. The minimum absolute atomic E-state index is 0.0399. The number of aromatic hydroxyl groups is 3. The summed E-state index contributed by atoms with van der Waals surface area (Å²) in [5.74, 6) is -8.84. The van der Waals surface area contributed by atoms with Gasteiger partial charge < -0.3 is 69.4 Å². The number of ether oxygens (including phenoxy) is 8. The van der Waals surface area contributed by atoms with Crippen molar-refractivity contribution in [1.29, 1.82) is 0 Å². The number of aliphatic hydroxyl groups is 1. The van der Waals surface area contributed by atoms with E-state index in [0.717, 1.165) is 23.6 Å². The topological polar surface area (TPSA) is 354 Å². The Morgan fingerprint density at radius 2 is 1.71 bits per heavy atom. The number of amides is 1. The number of thioether (sulfide) groups is 1. The zero-order valence-electron chi connectivity index (χ0n) is 52.8. The Kier molecular flexibility index (Phi) is 23.3. The molecule has 496 valence electrons. The van der Waals surface area contributed by atoms with Crippen molar-refractivity contribution < 1.29 is 81.9 Å². The Bertz CT molecular complexity index is 3480. The number of nitrogens with zero attached hydrogens (tertiary/aromatic N) is 7. The predicted octanol–water partition coefficient (Wildman–Crippen LogP) is 5.60. The molecule has 91 heavy (non-hydrogen) atoms. The molecular weight excluding hydrogens is 1210 g/mol. The highest BCUT2D eigenvalue weighted by Crippen LogP contribution is 2.55. The van der Waals surface area contributed by atoms with Gasteiger partial charge in [-0.1, -0.05) is 58.1 Å². The van der Waals surface area contributed by atoms with Gasteiger partial charge in [0.2, 0.25) is 0 Å². The maximum atomic E-state index is 14.7. The highest BCUT2D eigenvalue weighted by molar-refractivity contribution is 8.00. The highest BCUT2D eigenvalue weighted by atomic mass is 32.2. The molecule has 4 aromatic rings. The number of benzene rings is 2. The van der Waals surface area contributed by atoms with E-state index in [1.807, 2.05) is 40.7 Å². The Balaban J connectivity index is 0.859. The van der Waals surface area contributed by atoms with Gasteiger partial charge in [-0.05, 0) is 56.4 Å². The van der Waals surface area contributed by atoms with Gasteiger partial charge in [0.15, 0.2) is 17.4 Å². The van der Waals surface area contributed by atoms with Crippen LogP contribution in [-0.2, 0) is 60.5 Å². The normalized spacial score (nSPS) is 27.4. The van der Waals surface area contributed by atoms with Crippen molar-refractivity contribution in [2.45, 2.75) is 124 Å². The second-order valence-electron chi connectivity index (χ2n) is 23.6. The molecule has 1 amide bonds. The number of esters is 2. The smallest absolute Gasteiger partial charge is 0.351 e. The van der Waals surface area contributed by atoms with Crippen molar-refractivity contribution in [2.24, 2.45) is 40.6 Å². The van der Waals surface area contributed by atoms with Crippen LogP contribution >= 0.6 is 11.8 Å². The van der Waals surface area contributed by atoms with Crippen LogP contribution < -0.4 is 26.8 Å². The lowest BCUT2D eigenvalue weighted by Crippen LogP contribution is -2.45. The summed E-state index contributed by atoms with van der Waals surface area (Å²) in [4.78, 5) is 69.4. The molecule has 5 aliphatic heterocycles. The van der Waals surface area contributed by atoms with Crippen LogP contribution in [-0.4, -0.2) is 175 Å². The summed E-state index contributed by atoms with van der Waals surface area (Å²) in [6, 6.07) is 0. The summed E-state index contributed by atoms with van der Waals surface area (Å²) in [7, 11) is 1.46. The monoisotopic (exact) mass is 1290 g/mol. The van der Waals surface area contributed by atoms with Gasteiger partial charge in [-0.15, -0.1) is 16.9 Å². The third kappa shape index (κ3) is 16.3. The Hall–Kier alpha value is -7.67. The number of piperidine rings is 1. The van der Waals surface area contributed by atoms with Crippen LogP contribution in [0.3, 0.4) is 0 Å². The van der Waals surface area contributed by atoms with E-state index in [9.17, 15) is 48.8 Å². The number of anilines is 2. The lowest BCUT2D eigenvalue weighted by atomic mass is 9.75. The number of hydrogen-bond donors (Lipinski definition) is 7. The number of nitrogen functional groups attached to an aromatic ring is 1. The Morgan fingerprint density at radius 3 is 2.44 bits per heavy atom. The van der Waals surface area contributed by atoms with Crippen LogP contribution in [0.25, 0.3) is 10.8 Å². The number of nitrogens with one attached hydrogen (secondary N) is 2. The molecule has 2 saturated heterocycles. The van der Waals surface area contributed by atoms with Gasteiger partial charge >= 0.3 is 23.4 Å².